The van der Waals surface area contributed by atoms with Gasteiger partial charge < -0.3 is 14.7 Å². The summed E-state index contributed by atoms with van der Waals surface area (Å²) >= 11 is 0. The Morgan fingerprint density at radius 1 is 1.07 bits per heavy atom. The number of hydrogen-bond acceptors (Lipinski definition) is 4. The molecule has 0 unspecified atom stereocenters. The molecule has 6 nitrogen and oxygen atoms in total. The van der Waals surface area contributed by atoms with Gasteiger partial charge in [-0.2, -0.15) is 0 Å². The number of aliphatic hydroxyl groups is 1. The number of nitrogens with zero attached hydrogens (tertiary/aromatic N) is 1. The van der Waals surface area contributed by atoms with Crippen LogP contribution in [0.2, 0.25) is 0 Å². The second kappa shape index (κ2) is 8.84. The van der Waals surface area contributed by atoms with Gasteiger partial charge in [-0.15, -0.1) is 0 Å². The van der Waals surface area contributed by atoms with Gasteiger partial charge in [-0.25, -0.2) is 8.42 Å². The molecule has 1 saturated heterocycles. The first-order chi connectivity index (χ1) is 13.0. The Hall–Kier alpha value is -1.93. The maximum atomic E-state index is 13.2. The molecular formula is C20H27N2O4S+. The lowest BCUT2D eigenvalue weighted by molar-refractivity contribution is -0.910. The van der Waals surface area contributed by atoms with Crippen molar-refractivity contribution in [3.63, 3.8) is 0 Å². The van der Waals surface area contributed by atoms with Crippen molar-refractivity contribution in [1.29, 1.82) is 0 Å². The van der Waals surface area contributed by atoms with Crippen molar-refractivity contribution < 1.29 is 23.2 Å². The minimum absolute atomic E-state index is 0.0185. The predicted molar refractivity (Wildman–Crippen MR) is 105 cm³/mol. The molecule has 0 radical (unpaired) electrons. The lowest BCUT2D eigenvalue weighted by Crippen LogP contribution is -3.15. The maximum Gasteiger partial charge on any atom is 0.264 e. The summed E-state index contributed by atoms with van der Waals surface area (Å²) in [7, 11) is -3.76. The highest BCUT2D eigenvalue weighted by Gasteiger charge is 2.29. The molecule has 1 fully saturated rings. The summed E-state index contributed by atoms with van der Waals surface area (Å²) in [5.74, 6) is 0. The fourth-order valence-corrected chi connectivity index (χ4v) is 4.75. The molecule has 7 heteroatoms. The summed E-state index contributed by atoms with van der Waals surface area (Å²) in [5, 5.41) is 10.6. The van der Waals surface area contributed by atoms with Gasteiger partial charge in [0.1, 0.15) is 25.7 Å². The van der Waals surface area contributed by atoms with Crippen molar-refractivity contribution >= 4 is 15.7 Å². The van der Waals surface area contributed by atoms with E-state index in [-0.39, 0.29) is 11.4 Å². The zero-order valence-electron chi connectivity index (χ0n) is 15.5. The molecule has 2 N–H and O–H groups in total. The third kappa shape index (κ3) is 5.07. The first kappa shape index (κ1) is 19.8. The van der Waals surface area contributed by atoms with Crippen LogP contribution in [-0.2, 0) is 14.8 Å². The molecule has 0 spiro atoms. The fourth-order valence-electron chi connectivity index (χ4n) is 3.23. The standard InChI is InChI=1S/C20H26N2O4S/c1-17-7-9-18(10-8-17)22(27(24,25)20-5-3-2-4-6-20)16-19(23)15-21-11-13-26-14-12-21/h2-10,19,23H,11-16H2,1H3/p+1/t19-/m0/s1. The van der Waals surface area contributed by atoms with Crippen LogP contribution < -0.4 is 9.21 Å². The van der Waals surface area contributed by atoms with Gasteiger partial charge in [0.2, 0.25) is 0 Å². The lowest BCUT2D eigenvalue weighted by Gasteiger charge is -2.30. The average molecular weight is 392 g/mol. The number of benzene rings is 2. The minimum Gasteiger partial charge on any atom is -0.385 e. The van der Waals surface area contributed by atoms with Crippen LogP contribution in [-0.4, -0.2) is 59.0 Å². The van der Waals surface area contributed by atoms with E-state index in [2.05, 4.69) is 0 Å². The normalized spacial score (nSPS) is 16.8. The third-order valence-electron chi connectivity index (χ3n) is 4.75. The van der Waals surface area contributed by atoms with Crippen LogP contribution in [0, 0.1) is 6.92 Å². The van der Waals surface area contributed by atoms with Crippen molar-refractivity contribution in [2.24, 2.45) is 0 Å². The first-order valence-corrected chi connectivity index (χ1v) is 10.6. The Morgan fingerprint density at radius 3 is 2.33 bits per heavy atom. The van der Waals surface area contributed by atoms with Crippen LogP contribution in [0.3, 0.4) is 0 Å². The molecule has 1 aliphatic heterocycles. The van der Waals surface area contributed by atoms with Crippen LogP contribution in [0.4, 0.5) is 5.69 Å². The van der Waals surface area contributed by atoms with E-state index in [1.807, 2.05) is 19.1 Å². The van der Waals surface area contributed by atoms with Crippen LogP contribution in [0.5, 0.6) is 0 Å². The molecule has 2 aromatic carbocycles. The number of morpholine rings is 1. The van der Waals surface area contributed by atoms with Gasteiger partial charge in [-0.1, -0.05) is 35.9 Å². The molecular weight excluding hydrogens is 364 g/mol. The third-order valence-corrected chi connectivity index (χ3v) is 6.56. The molecule has 1 aliphatic rings. The minimum atomic E-state index is -3.76. The topological polar surface area (TPSA) is 71.3 Å². The number of sulfonamides is 1. The number of ether oxygens (including phenoxy) is 1. The monoisotopic (exact) mass is 391 g/mol. The molecule has 3 rings (SSSR count). The summed E-state index contributed by atoms with van der Waals surface area (Å²) in [6.45, 7) is 5.47. The van der Waals surface area contributed by atoms with E-state index in [0.29, 0.717) is 25.4 Å². The Bertz CT molecular complexity index is 819. The Labute approximate surface area is 161 Å². The van der Waals surface area contributed by atoms with Gasteiger partial charge in [-0.05, 0) is 31.2 Å². The number of rotatable bonds is 7. The molecule has 2 aromatic rings. The summed E-state index contributed by atoms with van der Waals surface area (Å²) in [6, 6.07) is 15.7. The molecule has 0 amide bonds. The van der Waals surface area contributed by atoms with E-state index < -0.39 is 16.1 Å². The van der Waals surface area contributed by atoms with Gasteiger partial charge in [0.15, 0.2) is 0 Å². The van der Waals surface area contributed by atoms with E-state index in [1.54, 1.807) is 42.5 Å². The van der Waals surface area contributed by atoms with E-state index >= 15 is 0 Å². The SMILES string of the molecule is Cc1ccc(N(C[C@@H](O)C[NH+]2CCOCC2)S(=O)(=O)c2ccccc2)cc1. The quantitative estimate of drug-likeness (QED) is 0.720. The highest BCUT2D eigenvalue weighted by atomic mass is 32.2. The second-order valence-electron chi connectivity index (χ2n) is 6.91. The van der Waals surface area contributed by atoms with E-state index in [1.165, 1.54) is 9.21 Å². The lowest BCUT2D eigenvalue weighted by atomic mass is 10.2. The van der Waals surface area contributed by atoms with E-state index in [0.717, 1.165) is 18.7 Å². The van der Waals surface area contributed by atoms with Crippen molar-refractivity contribution in [3.8, 4) is 0 Å². The smallest absolute Gasteiger partial charge is 0.264 e. The molecule has 0 aliphatic carbocycles. The Morgan fingerprint density at radius 2 is 1.70 bits per heavy atom. The van der Waals surface area contributed by atoms with Crippen LogP contribution >= 0.6 is 0 Å². The number of quaternary nitrogens is 1. The molecule has 0 aromatic heterocycles. The molecule has 27 heavy (non-hydrogen) atoms. The maximum absolute atomic E-state index is 13.2. The molecule has 146 valence electrons. The van der Waals surface area contributed by atoms with E-state index in [4.69, 9.17) is 4.74 Å². The van der Waals surface area contributed by atoms with Crippen LogP contribution in [0.15, 0.2) is 59.5 Å². The van der Waals surface area contributed by atoms with Crippen molar-refractivity contribution in [2.75, 3.05) is 43.7 Å². The van der Waals surface area contributed by atoms with Gasteiger partial charge in [0, 0.05) is 0 Å². The van der Waals surface area contributed by atoms with Crippen molar-refractivity contribution in [3.05, 3.63) is 60.2 Å². The molecule has 1 heterocycles. The number of hydrogen-bond donors (Lipinski definition) is 2. The number of aryl methyl sites for hydroxylation is 1. The summed E-state index contributed by atoms with van der Waals surface area (Å²) < 4.78 is 33.1. The summed E-state index contributed by atoms with van der Waals surface area (Å²) in [6.07, 6.45) is -0.766. The van der Waals surface area contributed by atoms with Gasteiger partial charge >= 0.3 is 0 Å². The van der Waals surface area contributed by atoms with Crippen LogP contribution in [0.25, 0.3) is 0 Å². The molecule has 0 bridgehead atoms. The van der Waals surface area contributed by atoms with Gasteiger partial charge in [0.05, 0.1) is 30.3 Å². The summed E-state index contributed by atoms with van der Waals surface area (Å²) in [5.41, 5.74) is 1.61. The number of nitrogens with one attached hydrogen (secondary N) is 1. The largest absolute Gasteiger partial charge is 0.385 e. The van der Waals surface area contributed by atoms with Crippen molar-refractivity contribution in [2.45, 2.75) is 17.9 Å². The second-order valence-corrected chi connectivity index (χ2v) is 8.77. The Kier molecular flexibility index (Phi) is 6.49. The summed E-state index contributed by atoms with van der Waals surface area (Å²) in [4.78, 5) is 1.45. The molecule has 0 saturated carbocycles. The molecule has 1 atom stereocenters. The zero-order chi connectivity index (χ0) is 19.3. The first-order valence-electron chi connectivity index (χ1n) is 9.20. The number of anilines is 1. The van der Waals surface area contributed by atoms with E-state index in [9.17, 15) is 13.5 Å². The van der Waals surface area contributed by atoms with Gasteiger partial charge in [0.25, 0.3) is 10.0 Å². The van der Waals surface area contributed by atoms with Crippen molar-refractivity contribution in [1.82, 2.24) is 0 Å². The van der Waals surface area contributed by atoms with Crippen LogP contribution in [0.1, 0.15) is 5.56 Å². The highest BCUT2D eigenvalue weighted by molar-refractivity contribution is 7.92. The fraction of sp³-hybridized carbons (Fsp3) is 0.400. The predicted octanol–water partition coefficient (Wildman–Crippen LogP) is 0.466. The Balaban J connectivity index is 1.84. The highest BCUT2D eigenvalue weighted by Crippen LogP contribution is 2.24. The average Bonchev–Trinajstić information content (AvgIpc) is 2.68. The number of aliphatic hydroxyl groups excluding tert-OH is 1. The zero-order valence-corrected chi connectivity index (χ0v) is 16.4. The van der Waals surface area contributed by atoms with Gasteiger partial charge in [-0.3, -0.25) is 4.31 Å².